The van der Waals surface area contributed by atoms with Crippen molar-refractivity contribution >= 4 is 82.1 Å². The van der Waals surface area contributed by atoms with E-state index in [4.69, 9.17) is 57.0 Å². The van der Waals surface area contributed by atoms with Crippen molar-refractivity contribution in [3.05, 3.63) is 102 Å². The molecule has 0 unspecified atom stereocenters. The molecule has 0 bridgehead atoms. The fraction of sp³-hybridized carbons (Fsp3) is 0.182. The monoisotopic (exact) mass is 1070 g/mol. The highest BCUT2D eigenvalue weighted by atomic mass is 79.9. The van der Waals surface area contributed by atoms with Gasteiger partial charge in [-0.2, -0.15) is 0 Å². The van der Waals surface area contributed by atoms with Gasteiger partial charge in [0.25, 0.3) is 20.0 Å². The molecule has 0 aliphatic carbocycles. The number of pyridine rings is 2. The maximum atomic E-state index is 13.2. The Balaban J connectivity index is 0.000000192. The lowest BCUT2D eigenvalue weighted by Gasteiger charge is -2.14. The minimum absolute atomic E-state index is 0.00249. The zero-order valence-electron chi connectivity index (χ0n) is 38.4. The van der Waals surface area contributed by atoms with Gasteiger partial charge in [-0.25, -0.2) is 26.8 Å². The van der Waals surface area contributed by atoms with Gasteiger partial charge < -0.3 is 57.0 Å². The maximum Gasteiger partial charge on any atom is 0.490 e. The normalized spacial score (nSPS) is 11.0. The number of ether oxygens (including phenoxy) is 8. The highest BCUT2D eigenvalue weighted by Crippen LogP contribution is 2.41. The van der Waals surface area contributed by atoms with Crippen molar-refractivity contribution in [1.29, 1.82) is 0 Å². The molecule has 0 saturated heterocycles. The molecular formula is C44H44BBrN6O16S2. The second-order valence-corrected chi connectivity index (χ2v) is 18.0. The summed E-state index contributed by atoms with van der Waals surface area (Å²) in [5.74, 6) is 2.19. The molecule has 368 valence electrons. The van der Waals surface area contributed by atoms with Crippen LogP contribution in [0.4, 0.5) is 11.6 Å². The molecule has 22 nitrogen and oxygen atoms in total. The standard InChI is InChI=1S/C22H21N3O7S.C16H15BrN2O6S.C6H8BNO3/c1-28-15-6-5-7-16(29-2)21(15)33(26,27)25-22-20-17(30-3)10-14(11-18(20)32-24-22)13-8-9-19(31-4)23-12-13;1-22-10-5-4-6-11(23-2)15(10)26(20,21)19-16-14-12(24-3)7-9(17)8-13(14)25-18-16;1-11-6-3-2-5(4-8-6)7(9)10/h5-12H,1-4H3,(H,24,25);4-8H,1-3H3,(H,18,19);2-4,9-10H,1H3. The van der Waals surface area contributed by atoms with E-state index in [0.717, 1.165) is 11.1 Å². The molecule has 0 fully saturated rings. The van der Waals surface area contributed by atoms with Gasteiger partial charge in [0, 0.05) is 34.0 Å². The first-order chi connectivity index (χ1) is 33.6. The Bertz CT molecular complexity index is 3260. The fourth-order valence-corrected chi connectivity index (χ4v) is 9.60. The lowest BCUT2D eigenvalue weighted by atomic mass is 9.82. The number of halogens is 1. The summed E-state index contributed by atoms with van der Waals surface area (Å²) in [5.41, 5.74) is 2.57. The molecule has 8 aromatic rings. The lowest BCUT2D eigenvalue weighted by Crippen LogP contribution is -2.29. The Morgan fingerprint density at radius 3 is 1.33 bits per heavy atom. The third-order valence-corrected chi connectivity index (χ3v) is 13.1. The van der Waals surface area contributed by atoms with Crippen molar-refractivity contribution in [2.24, 2.45) is 0 Å². The number of hydrogen-bond acceptors (Lipinski definition) is 20. The average molecular weight is 1070 g/mol. The summed E-state index contributed by atoms with van der Waals surface area (Å²) in [6, 6.07) is 22.8. The molecule has 0 aliphatic rings. The molecule has 4 heterocycles. The topological polar surface area (TPSA) is 284 Å². The van der Waals surface area contributed by atoms with Crippen molar-refractivity contribution in [3.63, 3.8) is 0 Å². The average Bonchev–Trinajstić information content (AvgIpc) is 3.97. The summed E-state index contributed by atoms with van der Waals surface area (Å²) >= 11 is 3.33. The molecule has 0 saturated carbocycles. The Morgan fingerprint density at radius 2 is 0.943 bits per heavy atom. The van der Waals surface area contributed by atoms with Crippen molar-refractivity contribution in [1.82, 2.24) is 20.3 Å². The van der Waals surface area contributed by atoms with Gasteiger partial charge in [-0.1, -0.05) is 44.4 Å². The third-order valence-electron chi connectivity index (χ3n) is 9.79. The summed E-state index contributed by atoms with van der Waals surface area (Å²) in [5, 5.41) is 25.8. The van der Waals surface area contributed by atoms with Crippen LogP contribution in [0.2, 0.25) is 0 Å². The summed E-state index contributed by atoms with van der Waals surface area (Å²) in [4.78, 5) is 7.68. The lowest BCUT2D eigenvalue weighted by molar-refractivity contribution is 0.373. The summed E-state index contributed by atoms with van der Waals surface area (Å²) in [6.07, 6.45) is 3.00. The Hall–Kier alpha value is -7.52. The number of nitrogens with zero attached hydrogens (tertiary/aromatic N) is 4. The Kier molecular flexibility index (Phi) is 16.8. The van der Waals surface area contributed by atoms with Crippen LogP contribution >= 0.6 is 15.9 Å². The molecule has 0 spiro atoms. The van der Waals surface area contributed by atoms with Gasteiger partial charge in [0.05, 0.1) is 56.9 Å². The summed E-state index contributed by atoms with van der Waals surface area (Å²) in [6.45, 7) is 0. The minimum atomic E-state index is -4.16. The van der Waals surface area contributed by atoms with Crippen LogP contribution in [0.3, 0.4) is 0 Å². The first-order valence-electron chi connectivity index (χ1n) is 20.0. The van der Waals surface area contributed by atoms with E-state index in [1.54, 1.807) is 54.7 Å². The molecular weight excluding hydrogens is 1020 g/mol. The molecule has 0 aliphatic heterocycles. The van der Waals surface area contributed by atoms with Crippen molar-refractivity contribution in [2.75, 3.05) is 66.3 Å². The second-order valence-electron chi connectivity index (χ2n) is 13.9. The first-order valence-corrected chi connectivity index (χ1v) is 23.8. The van der Waals surface area contributed by atoms with Crippen molar-refractivity contribution < 1.29 is 73.8 Å². The molecule has 4 N–H and O–H groups in total. The highest BCUT2D eigenvalue weighted by molar-refractivity contribution is 9.10. The van der Waals surface area contributed by atoms with Crippen LogP contribution in [-0.2, 0) is 20.0 Å². The molecule has 26 heteroatoms. The van der Waals surface area contributed by atoms with Gasteiger partial charge in [0.1, 0.15) is 45.3 Å². The summed E-state index contributed by atoms with van der Waals surface area (Å²) in [7, 11) is 1.76. The molecule has 4 aromatic heterocycles. The Labute approximate surface area is 409 Å². The predicted octanol–water partition coefficient (Wildman–Crippen LogP) is 5.91. The molecule has 0 atom stereocenters. The number of methoxy groups -OCH3 is 8. The molecule has 4 aromatic carbocycles. The quantitative estimate of drug-likeness (QED) is 0.0818. The fourth-order valence-electron chi connectivity index (χ4n) is 6.53. The highest BCUT2D eigenvalue weighted by Gasteiger charge is 2.30. The van der Waals surface area contributed by atoms with Crippen molar-refractivity contribution in [3.8, 4) is 57.4 Å². The molecule has 0 radical (unpaired) electrons. The van der Waals surface area contributed by atoms with Crippen LogP contribution in [0.1, 0.15) is 0 Å². The van der Waals surface area contributed by atoms with E-state index in [9.17, 15) is 16.8 Å². The smallest absolute Gasteiger partial charge is 0.490 e. The third kappa shape index (κ3) is 11.5. The number of rotatable bonds is 16. The van der Waals surface area contributed by atoms with Crippen LogP contribution in [0.25, 0.3) is 33.1 Å². The van der Waals surface area contributed by atoms with Crippen LogP contribution < -0.4 is 52.8 Å². The number of sulfonamides is 2. The SMILES string of the molecule is COc1ccc(-c2cc(OC)c3c(NS(=O)(=O)c4c(OC)cccc4OC)noc3c2)cn1.COc1ccc(B(O)O)cn1.COc1cccc(OC)c1S(=O)(=O)Nc1noc2cc(Br)cc(OC)c12. The number of hydrogen-bond donors (Lipinski definition) is 4. The Morgan fingerprint density at radius 1 is 0.514 bits per heavy atom. The molecule has 0 amide bonds. The van der Waals surface area contributed by atoms with Gasteiger partial charge in [0.2, 0.25) is 11.8 Å². The zero-order valence-corrected chi connectivity index (χ0v) is 41.6. The van der Waals surface area contributed by atoms with Gasteiger partial charge >= 0.3 is 7.12 Å². The predicted molar refractivity (Wildman–Crippen MR) is 260 cm³/mol. The van der Waals surface area contributed by atoms with E-state index in [2.05, 4.69) is 45.7 Å². The van der Waals surface area contributed by atoms with Crippen LogP contribution in [-0.4, -0.2) is 111 Å². The number of aromatic nitrogens is 4. The minimum Gasteiger partial charge on any atom is -0.496 e. The first kappa shape index (κ1) is 51.9. The number of anilines is 2. The molecule has 70 heavy (non-hydrogen) atoms. The zero-order chi connectivity index (χ0) is 50.8. The summed E-state index contributed by atoms with van der Waals surface area (Å²) < 4.78 is 110. The van der Waals surface area contributed by atoms with Gasteiger partial charge in [-0.3, -0.25) is 9.44 Å². The van der Waals surface area contributed by atoms with E-state index in [-0.39, 0.29) is 44.4 Å². The van der Waals surface area contributed by atoms with Gasteiger partial charge in [0.15, 0.2) is 32.6 Å². The molecule has 8 rings (SSSR count). The van der Waals surface area contributed by atoms with Crippen molar-refractivity contribution in [2.45, 2.75) is 9.79 Å². The van der Waals surface area contributed by atoms with E-state index in [1.165, 1.54) is 93.4 Å². The van der Waals surface area contributed by atoms with E-state index >= 15 is 0 Å². The van der Waals surface area contributed by atoms with E-state index in [1.807, 2.05) is 6.07 Å². The van der Waals surface area contributed by atoms with Crippen LogP contribution in [0, 0.1) is 0 Å². The number of fused-ring (bicyclic) bond motifs is 2. The van der Waals surface area contributed by atoms with Gasteiger partial charge in [-0.15, -0.1) is 0 Å². The number of benzene rings is 4. The second kappa shape index (κ2) is 22.7. The largest absolute Gasteiger partial charge is 0.496 e. The van der Waals surface area contributed by atoms with E-state index < -0.39 is 27.2 Å². The van der Waals surface area contributed by atoms with Crippen LogP contribution in [0.15, 0.2) is 121 Å². The van der Waals surface area contributed by atoms with E-state index in [0.29, 0.717) is 55.1 Å². The maximum absolute atomic E-state index is 13.2. The van der Waals surface area contributed by atoms with Gasteiger partial charge in [-0.05, 0) is 66.2 Å². The van der Waals surface area contributed by atoms with Crippen LogP contribution in [0.5, 0.6) is 46.3 Å². The number of nitrogens with one attached hydrogen (secondary N) is 2.